The highest BCUT2D eigenvalue weighted by molar-refractivity contribution is 7.92. The minimum Gasteiger partial charge on any atom is -0.480 e. The smallest absolute Gasteiger partial charge is 0.326 e. The maximum Gasteiger partial charge on any atom is 0.326 e. The third-order valence-corrected chi connectivity index (χ3v) is 7.41. The van der Waals surface area contributed by atoms with Gasteiger partial charge in [-0.05, 0) is 49.0 Å². The fraction of sp³-hybridized carbons (Fsp3) is 0.273. The number of amides is 2. The molecule has 3 rings (SSSR count). The Balaban J connectivity index is 1.70. The van der Waals surface area contributed by atoms with Crippen molar-refractivity contribution in [3.8, 4) is 0 Å². The summed E-state index contributed by atoms with van der Waals surface area (Å²) in [7, 11) is -2.52. The first kappa shape index (κ1) is 28.7. The highest BCUT2D eigenvalue weighted by Crippen LogP contribution is 2.26. The fourth-order valence-corrected chi connectivity index (χ4v) is 5.23. The number of sulfonamides is 1. The molecule has 9 N–H and O–H groups in total. The van der Waals surface area contributed by atoms with Gasteiger partial charge in [0.05, 0.1) is 10.6 Å². The van der Waals surface area contributed by atoms with E-state index in [9.17, 15) is 27.9 Å². The van der Waals surface area contributed by atoms with Crippen LogP contribution in [0.3, 0.4) is 0 Å². The van der Waals surface area contributed by atoms with Crippen molar-refractivity contribution in [1.29, 1.82) is 0 Å². The second-order valence-electron chi connectivity index (χ2n) is 8.11. The van der Waals surface area contributed by atoms with Crippen molar-refractivity contribution in [3.63, 3.8) is 0 Å². The lowest BCUT2D eigenvalue weighted by Gasteiger charge is -2.16. The molecule has 0 radical (unpaired) electrons. The predicted molar refractivity (Wildman–Crippen MR) is 141 cm³/mol. The lowest BCUT2D eigenvalue weighted by atomic mass is 10.1. The van der Waals surface area contributed by atoms with Crippen molar-refractivity contribution in [2.75, 3.05) is 16.6 Å². The summed E-state index contributed by atoms with van der Waals surface area (Å²) in [5, 5.41) is 22.7. The summed E-state index contributed by atoms with van der Waals surface area (Å²) in [6, 6.07) is 7.11. The average molecular weight is 565 g/mol. The number of benzene rings is 1. The summed E-state index contributed by atoms with van der Waals surface area (Å²) in [6.07, 6.45) is 1.37. The zero-order chi connectivity index (χ0) is 27.9. The van der Waals surface area contributed by atoms with Crippen LogP contribution in [0.15, 0.2) is 52.9 Å². The number of aromatic nitrogens is 2. The third kappa shape index (κ3) is 7.83. The van der Waals surface area contributed by atoms with E-state index in [0.717, 1.165) is 11.3 Å². The molecule has 38 heavy (non-hydrogen) atoms. The Morgan fingerprint density at radius 3 is 2.58 bits per heavy atom. The van der Waals surface area contributed by atoms with E-state index in [1.54, 1.807) is 19.3 Å². The summed E-state index contributed by atoms with van der Waals surface area (Å²) in [6.45, 7) is 0.348. The molecular weight excluding hydrogens is 536 g/mol. The molecule has 0 spiro atoms. The maximum absolute atomic E-state index is 13.1. The Kier molecular flexibility index (Phi) is 9.54. The number of hydrogen-bond acceptors (Lipinski definition) is 10. The van der Waals surface area contributed by atoms with Crippen LogP contribution in [-0.4, -0.2) is 60.0 Å². The van der Waals surface area contributed by atoms with Gasteiger partial charge in [-0.3, -0.25) is 24.3 Å². The van der Waals surface area contributed by atoms with Gasteiger partial charge in [0.15, 0.2) is 5.82 Å². The van der Waals surface area contributed by atoms with Crippen molar-refractivity contribution < 1.29 is 27.9 Å². The van der Waals surface area contributed by atoms with Crippen LogP contribution < -0.4 is 32.1 Å². The number of nitrogens with zero attached hydrogens (tertiary/aromatic N) is 2. The predicted octanol–water partition coefficient (Wildman–Crippen LogP) is 0.289. The normalized spacial score (nSPS) is 12.2. The number of nitrogens with two attached hydrogens (primary N) is 2. The number of carbonyl (C=O) groups is 3. The Labute approximate surface area is 222 Å². The number of anilines is 2. The maximum atomic E-state index is 13.1. The number of nitrogens with one attached hydrogen (secondary N) is 4. The van der Waals surface area contributed by atoms with E-state index < -0.39 is 40.1 Å². The molecule has 0 unspecified atom stereocenters. The quantitative estimate of drug-likeness (QED) is 0.111. The molecule has 2 amide bonds. The molecule has 1 aromatic carbocycles. The number of aliphatic carboxylic acids is 1. The topological polar surface area (TPSA) is 224 Å². The van der Waals surface area contributed by atoms with E-state index in [1.807, 2.05) is 0 Å². The fourth-order valence-electron chi connectivity index (χ4n) is 3.30. The number of hydrogen-bond donors (Lipinski definition) is 7. The van der Waals surface area contributed by atoms with Gasteiger partial charge in [-0.2, -0.15) is 5.10 Å². The number of rotatable bonds is 13. The molecule has 0 fully saturated rings. The first-order valence-electron chi connectivity index (χ1n) is 11.3. The van der Waals surface area contributed by atoms with Gasteiger partial charge in [0.25, 0.3) is 21.8 Å². The minimum atomic E-state index is -4.21. The van der Waals surface area contributed by atoms with Gasteiger partial charge in [0, 0.05) is 24.9 Å². The summed E-state index contributed by atoms with van der Waals surface area (Å²) in [4.78, 5) is 36.7. The first-order valence-corrected chi connectivity index (χ1v) is 13.6. The zero-order valence-corrected chi connectivity index (χ0v) is 21.9. The van der Waals surface area contributed by atoms with Gasteiger partial charge in [-0.25, -0.2) is 13.2 Å². The molecule has 0 aliphatic carbocycles. The van der Waals surface area contributed by atoms with Crippen molar-refractivity contribution in [2.45, 2.75) is 30.1 Å². The van der Waals surface area contributed by atoms with Crippen LogP contribution in [0.25, 0.3) is 0 Å². The van der Waals surface area contributed by atoms with Crippen molar-refractivity contribution >= 4 is 50.6 Å². The van der Waals surface area contributed by atoms with Crippen LogP contribution >= 0.6 is 11.3 Å². The molecule has 2 heterocycles. The second-order valence-corrected chi connectivity index (χ2v) is 10.7. The van der Waals surface area contributed by atoms with E-state index in [0.29, 0.717) is 18.8 Å². The highest BCUT2D eigenvalue weighted by atomic mass is 32.2. The molecule has 0 saturated heterocycles. The van der Waals surface area contributed by atoms with E-state index in [1.165, 1.54) is 40.4 Å². The lowest BCUT2D eigenvalue weighted by molar-refractivity contribution is -0.139. The Bertz CT molecular complexity index is 1400. The SMILES string of the molecule is Cn1ccc(NC(=O)c2cccc(S(=O)(=O)Nc3ccsc3C(=O)N[C@@H](CCCNC(N)N)C(=O)O)c2)n1. The summed E-state index contributed by atoms with van der Waals surface area (Å²) < 4.78 is 30.0. The number of thiophene rings is 1. The molecule has 2 aromatic heterocycles. The molecule has 1 atom stereocenters. The molecule has 204 valence electrons. The molecule has 0 bridgehead atoms. The van der Waals surface area contributed by atoms with E-state index in [2.05, 4.69) is 25.8 Å². The van der Waals surface area contributed by atoms with Gasteiger partial charge < -0.3 is 27.2 Å². The monoisotopic (exact) mass is 564 g/mol. The lowest BCUT2D eigenvalue weighted by Crippen LogP contribution is -2.46. The van der Waals surface area contributed by atoms with Crippen LogP contribution in [0.2, 0.25) is 0 Å². The summed E-state index contributed by atoms with van der Waals surface area (Å²) >= 11 is 0.940. The van der Waals surface area contributed by atoms with Gasteiger partial charge in [0.2, 0.25) is 0 Å². The van der Waals surface area contributed by atoms with Crippen molar-refractivity contribution in [2.24, 2.45) is 18.5 Å². The van der Waals surface area contributed by atoms with Crippen molar-refractivity contribution in [1.82, 2.24) is 20.4 Å². The first-order chi connectivity index (χ1) is 18.0. The number of carbonyl (C=O) groups excluding carboxylic acids is 2. The molecule has 14 nitrogen and oxygen atoms in total. The molecule has 0 saturated carbocycles. The molecular formula is C22H28N8O6S2. The second kappa shape index (κ2) is 12.6. The molecule has 16 heteroatoms. The molecule has 0 aliphatic heterocycles. The highest BCUT2D eigenvalue weighted by Gasteiger charge is 2.25. The molecule has 0 aliphatic rings. The van der Waals surface area contributed by atoms with E-state index in [4.69, 9.17) is 11.5 Å². The van der Waals surface area contributed by atoms with Crippen LogP contribution in [0.4, 0.5) is 11.5 Å². The molecule has 3 aromatic rings. The summed E-state index contributed by atoms with van der Waals surface area (Å²) in [5.74, 6) is -2.25. The number of aryl methyl sites for hydroxylation is 1. The third-order valence-electron chi connectivity index (χ3n) is 5.13. The van der Waals surface area contributed by atoms with E-state index in [-0.39, 0.29) is 27.4 Å². The minimum absolute atomic E-state index is 0.0222. The largest absolute Gasteiger partial charge is 0.480 e. The number of carboxylic acids is 1. The van der Waals surface area contributed by atoms with Gasteiger partial charge in [0.1, 0.15) is 17.2 Å². The van der Waals surface area contributed by atoms with Crippen LogP contribution in [0.5, 0.6) is 0 Å². The zero-order valence-electron chi connectivity index (χ0n) is 20.2. The Morgan fingerprint density at radius 2 is 1.92 bits per heavy atom. The average Bonchev–Trinajstić information content (AvgIpc) is 3.48. The standard InChI is InChI=1S/C22H28N8O6S2/c1-30-10-7-17(28-30)27-19(31)13-4-2-5-14(12-13)38(35,36)29-15-8-11-37-18(15)20(32)26-16(21(33)34)6-3-9-25-22(23)24/h2,4-5,7-8,10-12,16,22,25,29H,3,6,9,23-24H2,1H3,(H,26,32)(H,33,34)(H,27,28,31)/t16-/m0/s1. The Morgan fingerprint density at radius 1 is 1.16 bits per heavy atom. The van der Waals surface area contributed by atoms with Gasteiger partial charge >= 0.3 is 5.97 Å². The van der Waals surface area contributed by atoms with E-state index >= 15 is 0 Å². The summed E-state index contributed by atoms with van der Waals surface area (Å²) in [5.41, 5.74) is 10.8. The Hall–Kier alpha value is -3.83. The van der Waals surface area contributed by atoms with Gasteiger partial charge in [-0.1, -0.05) is 6.07 Å². The number of carboxylic acid groups (broad SMARTS) is 1. The van der Waals surface area contributed by atoms with Crippen molar-refractivity contribution in [3.05, 3.63) is 58.4 Å². The van der Waals surface area contributed by atoms with Gasteiger partial charge in [-0.15, -0.1) is 11.3 Å². The van der Waals surface area contributed by atoms with Crippen LogP contribution in [0.1, 0.15) is 32.9 Å². The van der Waals surface area contributed by atoms with Crippen LogP contribution in [0, 0.1) is 0 Å². The van der Waals surface area contributed by atoms with Crippen LogP contribution in [-0.2, 0) is 21.9 Å².